The van der Waals surface area contributed by atoms with Crippen molar-refractivity contribution in [3.8, 4) is 11.5 Å². The molecule has 1 aromatic rings. The van der Waals surface area contributed by atoms with Crippen LogP contribution in [0.5, 0.6) is 11.5 Å². The van der Waals surface area contributed by atoms with Crippen LogP contribution in [-0.2, 0) is 25.3 Å². The number of hydrogen-bond donors (Lipinski definition) is 2. The van der Waals surface area contributed by atoms with Gasteiger partial charge in [0.2, 0.25) is 0 Å². The Hall–Kier alpha value is -2.57. The van der Waals surface area contributed by atoms with E-state index in [0.717, 1.165) is 48.8 Å². The zero-order valence-corrected chi connectivity index (χ0v) is 26.3. The van der Waals surface area contributed by atoms with Crippen LogP contribution in [0.3, 0.4) is 0 Å². The summed E-state index contributed by atoms with van der Waals surface area (Å²) in [5.41, 5.74) is 2.23. The molecule has 0 heterocycles. The number of carbonyl (C=O) groups is 2. The maximum Gasteiger partial charge on any atom is 0.424 e. The lowest BCUT2D eigenvalue weighted by atomic mass is 9.73. The number of esters is 1. The van der Waals surface area contributed by atoms with Crippen LogP contribution in [0.1, 0.15) is 105 Å². The topological polar surface area (TPSA) is 111 Å². The van der Waals surface area contributed by atoms with Crippen LogP contribution in [0.25, 0.3) is 0 Å². The number of phenolic OH excluding ortho intramolecular Hbond substituents is 1. The highest BCUT2D eigenvalue weighted by Gasteiger charge is 2.42. The van der Waals surface area contributed by atoms with Gasteiger partial charge in [-0.2, -0.15) is 0 Å². The first kappa shape index (κ1) is 33.6. The first-order valence-corrected chi connectivity index (χ1v) is 16.0. The molecule has 2 N–H and O–H groups in total. The molecule has 0 fully saturated rings. The third-order valence-corrected chi connectivity index (χ3v) is 8.60. The van der Waals surface area contributed by atoms with E-state index in [1.54, 1.807) is 39.8 Å². The molecule has 224 valence electrons. The van der Waals surface area contributed by atoms with E-state index < -0.39 is 37.4 Å². The summed E-state index contributed by atoms with van der Waals surface area (Å²) in [5.74, 6) is -0.848. The van der Waals surface area contributed by atoms with Crippen molar-refractivity contribution in [3.05, 3.63) is 47.1 Å². The van der Waals surface area contributed by atoms with Crippen LogP contribution in [0, 0.1) is 5.92 Å². The molecule has 0 aromatic heterocycles. The van der Waals surface area contributed by atoms with E-state index in [-0.39, 0.29) is 23.3 Å². The average molecular weight is 578 g/mol. The molecule has 0 spiro atoms. The maximum absolute atomic E-state index is 14.3. The standard InChI is InChI=1S/C31H48NO7P/c1-10-11-12-13-24-17-27(33)29(26-16-22(8)14-15-25(26)19(2)3)28(18-24)39-40(36,31(35)38-21(6)7)32-23(9)30(34)37-20(4)5/h16-18,20-21,23,25-26,33H,2,10-15H2,1,3-9H3,(H,32,36). The van der Waals surface area contributed by atoms with Crippen molar-refractivity contribution in [2.24, 2.45) is 5.92 Å². The van der Waals surface area contributed by atoms with Gasteiger partial charge in [0.1, 0.15) is 17.5 Å². The van der Waals surface area contributed by atoms with Crippen molar-refractivity contribution in [2.75, 3.05) is 0 Å². The summed E-state index contributed by atoms with van der Waals surface area (Å²) in [6.07, 6.45) is 6.45. The summed E-state index contributed by atoms with van der Waals surface area (Å²) < 4.78 is 31.0. The van der Waals surface area contributed by atoms with Crippen LogP contribution < -0.4 is 9.61 Å². The molecule has 1 aliphatic rings. The average Bonchev–Trinajstić information content (AvgIpc) is 2.82. The van der Waals surface area contributed by atoms with Gasteiger partial charge in [0.05, 0.1) is 12.2 Å². The SMILES string of the molecule is C=C(C)C1CCC(C)=CC1c1c(O)cc(CCCCC)cc1OP(=O)(NC(C)C(=O)OC(C)C)C(=O)OC(C)C. The molecule has 4 unspecified atom stereocenters. The fourth-order valence-electron chi connectivity index (χ4n) is 4.88. The second kappa shape index (κ2) is 14.9. The van der Waals surface area contributed by atoms with Gasteiger partial charge in [-0.1, -0.05) is 43.6 Å². The van der Waals surface area contributed by atoms with Gasteiger partial charge in [-0.25, -0.2) is 14.4 Å². The molecule has 9 heteroatoms. The van der Waals surface area contributed by atoms with Crippen molar-refractivity contribution >= 4 is 19.2 Å². The Balaban J connectivity index is 2.68. The second-order valence-corrected chi connectivity index (χ2v) is 13.3. The predicted octanol–water partition coefficient (Wildman–Crippen LogP) is 8.19. The zero-order chi connectivity index (χ0) is 30.2. The van der Waals surface area contributed by atoms with Gasteiger partial charge < -0.3 is 19.1 Å². The molecule has 2 rings (SSSR count). The Kier molecular flexibility index (Phi) is 12.5. The Morgan fingerprint density at radius 1 is 1.12 bits per heavy atom. The number of phenols is 1. The van der Waals surface area contributed by atoms with Gasteiger partial charge in [-0.05, 0) is 97.8 Å². The van der Waals surface area contributed by atoms with E-state index in [9.17, 15) is 19.3 Å². The molecular formula is C31H48NO7P. The third-order valence-electron chi connectivity index (χ3n) is 6.84. The second-order valence-electron chi connectivity index (χ2n) is 11.4. The molecule has 8 nitrogen and oxygen atoms in total. The number of rotatable bonds is 14. The summed E-state index contributed by atoms with van der Waals surface area (Å²) in [4.78, 5) is 25.8. The number of aryl methyl sites for hydroxylation is 1. The number of ether oxygens (including phenoxy) is 2. The maximum atomic E-state index is 14.3. The van der Waals surface area contributed by atoms with Gasteiger partial charge in [0.25, 0.3) is 0 Å². The van der Waals surface area contributed by atoms with Gasteiger partial charge in [0.15, 0.2) is 0 Å². The van der Waals surface area contributed by atoms with Crippen molar-refractivity contribution in [2.45, 2.75) is 118 Å². The summed E-state index contributed by atoms with van der Waals surface area (Å²) in [6.45, 7) is 18.4. The summed E-state index contributed by atoms with van der Waals surface area (Å²) in [5, 5.41) is 14.0. The molecule has 0 amide bonds. The molecule has 1 aliphatic carbocycles. The highest BCUT2D eigenvalue weighted by molar-refractivity contribution is 7.74. The minimum Gasteiger partial charge on any atom is -0.507 e. The smallest absolute Gasteiger partial charge is 0.424 e. The van der Waals surface area contributed by atoms with E-state index in [1.807, 2.05) is 13.8 Å². The Labute approximate surface area is 240 Å². The molecule has 0 saturated carbocycles. The number of aromatic hydroxyl groups is 1. The van der Waals surface area contributed by atoms with Crippen molar-refractivity contribution < 1.29 is 33.3 Å². The van der Waals surface area contributed by atoms with E-state index in [0.29, 0.717) is 12.0 Å². The largest absolute Gasteiger partial charge is 0.507 e. The lowest BCUT2D eigenvalue weighted by Crippen LogP contribution is -2.38. The number of unbranched alkanes of at least 4 members (excludes halogenated alkanes) is 2. The lowest BCUT2D eigenvalue weighted by Gasteiger charge is -2.33. The van der Waals surface area contributed by atoms with Crippen LogP contribution in [0.2, 0.25) is 0 Å². The molecular weight excluding hydrogens is 529 g/mol. The van der Waals surface area contributed by atoms with Crippen LogP contribution in [0.4, 0.5) is 4.79 Å². The van der Waals surface area contributed by atoms with E-state index in [2.05, 4.69) is 24.7 Å². The highest BCUT2D eigenvalue weighted by atomic mass is 31.2. The molecule has 0 saturated heterocycles. The molecule has 0 aliphatic heterocycles. The fraction of sp³-hybridized carbons (Fsp3) is 0.613. The van der Waals surface area contributed by atoms with Crippen molar-refractivity contribution in [1.29, 1.82) is 0 Å². The van der Waals surface area contributed by atoms with Crippen LogP contribution >= 0.6 is 7.52 Å². The Morgan fingerprint density at radius 3 is 2.35 bits per heavy atom. The van der Waals surface area contributed by atoms with Gasteiger partial charge in [0, 0.05) is 11.5 Å². The molecule has 0 radical (unpaired) electrons. The number of nitrogens with one attached hydrogen (secondary N) is 1. The summed E-state index contributed by atoms with van der Waals surface area (Å²) >= 11 is 0. The number of hydrogen-bond acceptors (Lipinski definition) is 7. The number of allylic oxidation sites excluding steroid dienone is 3. The van der Waals surface area contributed by atoms with E-state index in [1.165, 1.54) is 6.92 Å². The zero-order valence-electron chi connectivity index (χ0n) is 25.4. The van der Waals surface area contributed by atoms with E-state index >= 15 is 0 Å². The molecule has 1 aromatic carbocycles. The predicted molar refractivity (Wildman–Crippen MR) is 159 cm³/mol. The molecule has 40 heavy (non-hydrogen) atoms. The first-order chi connectivity index (χ1) is 18.7. The van der Waals surface area contributed by atoms with E-state index in [4.69, 9.17) is 14.0 Å². The van der Waals surface area contributed by atoms with Crippen molar-refractivity contribution in [1.82, 2.24) is 5.09 Å². The first-order valence-electron chi connectivity index (χ1n) is 14.4. The summed E-state index contributed by atoms with van der Waals surface area (Å²) in [7, 11) is -4.51. The van der Waals surface area contributed by atoms with Gasteiger partial charge >= 0.3 is 19.2 Å². The minimum absolute atomic E-state index is 0.00208. The normalized spacial score (nSPS) is 19.5. The minimum atomic E-state index is -4.51. The molecule has 4 atom stereocenters. The number of benzene rings is 1. The van der Waals surface area contributed by atoms with Crippen LogP contribution in [-0.4, -0.2) is 35.0 Å². The Morgan fingerprint density at radius 2 is 1.77 bits per heavy atom. The van der Waals surface area contributed by atoms with Crippen molar-refractivity contribution in [3.63, 3.8) is 0 Å². The summed E-state index contributed by atoms with van der Waals surface area (Å²) in [6, 6.07) is 2.34. The number of carbonyl (C=O) groups excluding carboxylic acids is 2. The van der Waals surface area contributed by atoms with Gasteiger partial charge in [-0.3, -0.25) is 4.79 Å². The fourth-order valence-corrected chi connectivity index (χ4v) is 6.50. The van der Waals surface area contributed by atoms with Gasteiger partial charge in [-0.15, -0.1) is 0 Å². The quantitative estimate of drug-likeness (QED) is 0.0985. The Bertz CT molecular complexity index is 1140. The lowest BCUT2D eigenvalue weighted by molar-refractivity contribution is -0.149. The monoisotopic (exact) mass is 577 g/mol. The third kappa shape index (κ3) is 9.24. The highest BCUT2D eigenvalue weighted by Crippen LogP contribution is 2.53. The van der Waals surface area contributed by atoms with Crippen LogP contribution in [0.15, 0.2) is 35.9 Å². The molecule has 0 bridgehead atoms.